The van der Waals surface area contributed by atoms with Crippen LogP contribution in [0, 0.1) is 0 Å². The Bertz CT molecular complexity index is 567. The van der Waals surface area contributed by atoms with E-state index in [4.69, 9.17) is 27.9 Å². The number of aliphatic hydroxyl groups is 1. The van der Waals surface area contributed by atoms with E-state index in [0.29, 0.717) is 22.2 Å². The molecule has 0 aliphatic carbocycles. The highest BCUT2D eigenvalue weighted by atomic mass is 35.5. The molecular weight excluding hydrogens is 295 g/mol. The van der Waals surface area contributed by atoms with Gasteiger partial charge in [0.05, 0.1) is 6.61 Å². The SMILES string of the molecule is CCCOc1ccc(C(O)c2cc(Cl)ccc2Cl)cc1. The van der Waals surface area contributed by atoms with E-state index in [2.05, 4.69) is 6.92 Å². The van der Waals surface area contributed by atoms with E-state index in [1.165, 1.54) is 0 Å². The van der Waals surface area contributed by atoms with E-state index in [1.54, 1.807) is 18.2 Å². The van der Waals surface area contributed by atoms with Crippen LogP contribution in [0.3, 0.4) is 0 Å². The van der Waals surface area contributed by atoms with Gasteiger partial charge >= 0.3 is 0 Å². The Labute approximate surface area is 128 Å². The zero-order valence-corrected chi connectivity index (χ0v) is 12.7. The molecule has 0 saturated carbocycles. The highest BCUT2D eigenvalue weighted by Crippen LogP contribution is 2.31. The average molecular weight is 311 g/mol. The largest absolute Gasteiger partial charge is 0.494 e. The lowest BCUT2D eigenvalue weighted by atomic mass is 10.0. The van der Waals surface area contributed by atoms with Gasteiger partial charge in [0.2, 0.25) is 0 Å². The van der Waals surface area contributed by atoms with Gasteiger partial charge in [0.1, 0.15) is 11.9 Å². The standard InChI is InChI=1S/C16H16Cl2O2/c1-2-9-20-13-6-3-11(4-7-13)16(19)14-10-12(17)5-8-15(14)18/h3-8,10,16,19H,2,9H2,1H3. The molecule has 2 nitrogen and oxygen atoms in total. The van der Waals surface area contributed by atoms with Crippen LogP contribution < -0.4 is 4.74 Å². The summed E-state index contributed by atoms with van der Waals surface area (Å²) >= 11 is 12.0. The Morgan fingerprint density at radius 3 is 2.45 bits per heavy atom. The second-order valence-electron chi connectivity index (χ2n) is 4.49. The summed E-state index contributed by atoms with van der Waals surface area (Å²) in [6.07, 6.45) is 0.157. The molecule has 20 heavy (non-hydrogen) atoms. The van der Waals surface area contributed by atoms with Crippen LogP contribution in [0.2, 0.25) is 10.0 Å². The molecule has 1 unspecified atom stereocenters. The van der Waals surface area contributed by atoms with Gasteiger partial charge in [0, 0.05) is 15.6 Å². The maximum atomic E-state index is 10.4. The van der Waals surface area contributed by atoms with Crippen molar-refractivity contribution in [3.05, 3.63) is 63.6 Å². The van der Waals surface area contributed by atoms with Crippen molar-refractivity contribution in [3.63, 3.8) is 0 Å². The molecule has 2 aromatic carbocycles. The summed E-state index contributed by atoms with van der Waals surface area (Å²) in [7, 11) is 0. The smallest absolute Gasteiger partial charge is 0.119 e. The van der Waals surface area contributed by atoms with Gasteiger partial charge in [0.25, 0.3) is 0 Å². The van der Waals surface area contributed by atoms with E-state index in [1.807, 2.05) is 24.3 Å². The number of aliphatic hydroxyl groups excluding tert-OH is 1. The maximum absolute atomic E-state index is 10.4. The van der Waals surface area contributed by atoms with Crippen LogP contribution in [0.1, 0.15) is 30.6 Å². The first-order chi connectivity index (χ1) is 9.61. The van der Waals surface area contributed by atoms with Crippen LogP contribution in [0.5, 0.6) is 5.75 Å². The third-order valence-corrected chi connectivity index (χ3v) is 3.50. The van der Waals surface area contributed by atoms with E-state index in [0.717, 1.165) is 17.7 Å². The van der Waals surface area contributed by atoms with Crippen molar-refractivity contribution >= 4 is 23.2 Å². The minimum atomic E-state index is -0.804. The molecule has 4 heteroatoms. The summed E-state index contributed by atoms with van der Waals surface area (Å²) in [5.74, 6) is 0.792. The molecule has 0 radical (unpaired) electrons. The number of hydrogen-bond donors (Lipinski definition) is 1. The first-order valence-corrected chi connectivity index (χ1v) is 7.23. The van der Waals surface area contributed by atoms with Crippen LogP contribution in [0.25, 0.3) is 0 Å². The van der Waals surface area contributed by atoms with Crippen LogP contribution >= 0.6 is 23.2 Å². The third kappa shape index (κ3) is 3.66. The van der Waals surface area contributed by atoms with Crippen LogP contribution in [0.4, 0.5) is 0 Å². The second kappa shape index (κ2) is 6.98. The summed E-state index contributed by atoms with van der Waals surface area (Å²) in [5, 5.41) is 11.4. The van der Waals surface area contributed by atoms with E-state index in [-0.39, 0.29) is 0 Å². The highest BCUT2D eigenvalue weighted by Gasteiger charge is 2.14. The van der Waals surface area contributed by atoms with E-state index >= 15 is 0 Å². The van der Waals surface area contributed by atoms with Crippen LogP contribution in [-0.4, -0.2) is 11.7 Å². The molecule has 1 atom stereocenters. The van der Waals surface area contributed by atoms with Crippen molar-refractivity contribution in [2.75, 3.05) is 6.61 Å². The summed E-state index contributed by atoms with van der Waals surface area (Å²) in [5.41, 5.74) is 1.35. The molecule has 0 aliphatic heterocycles. The Balaban J connectivity index is 2.20. The zero-order chi connectivity index (χ0) is 14.5. The summed E-state index contributed by atoms with van der Waals surface area (Å²) in [4.78, 5) is 0. The van der Waals surface area contributed by atoms with Crippen molar-refractivity contribution < 1.29 is 9.84 Å². The van der Waals surface area contributed by atoms with Gasteiger partial charge in [-0.15, -0.1) is 0 Å². The molecule has 0 fully saturated rings. The molecular formula is C16H16Cl2O2. The molecule has 0 bridgehead atoms. The second-order valence-corrected chi connectivity index (χ2v) is 5.33. The predicted molar refractivity (Wildman–Crippen MR) is 82.8 cm³/mol. The summed E-state index contributed by atoms with van der Waals surface area (Å²) in [6.45, 7) is 2.74. The number of halogens is 2. The Morgan fingerprint density at radius 1 is 1.10 bits per heavy atom. The maximum Gasteiger partial charge on any atom is 0.119 e. The van der Waals surface area contributed by atoms with Gasteiger partial charge in [-0.2, -0.15) is 0 Å². The van der Waals surface area contributed by atoms with E-state index in [9.17, 15) is 5.11 Å². The van der Waals surface area contributed by atoms with Gasteiger partial charge < -0.3 is 9.84 Å². The topological polar surface area (TPSA) is 29.5 Å². The molecule has 0 saturated heterocycles. The number of benzene rings is 2. The van der Waals surface area contributed by atoms with Gasteiger partial charge in [-0.3, -0.25) is 0 Å². The molecule has 0 aliphatic rings. The number of hydrogen-bond acceptors (Lipinski definition) is 2. The normalized spacial score (nSPS) is 12.2. The van der Waals surface area contributed by atoms with Gasteiger partial charge in [-0.1, -0.05) is 42.3 Å². The third-order valence-electron chi connectivity index (χ3n) is 2.92. The lowest BCUT2D eigenvalue weighted by Gasteiger charge is -2.14. The van der Waals surface area contributed by atoms with Gasteiger partial charge in [0.15, 0.2) is 0 Å². The highest BCUT2D eigenvalue weighted by molar-refractivity contribution is 6.33. The minimum absolute atomic E-state index is 0.494. The van der Waals surface area contributed by atoms with Crippen LogP contribution in [-0.2, 0) is 0 Å². The van der Waals surface area contributed by atoms with Gasteiger partial charge in [-0.05, 0) is 42.3 Å². The molecule has 2 aromatic rings. The Morgan fingerprint density at radius 2 is 1.80 bits per heavy atom. The van der Waals surface area contributed by atoms with Crippen molar-refractivity contribution in [2.24, 2.45) is 0 Å². The van der Waals surface area contributed by atoms with Crippen molar-refractivity contribution in [1.29, 1.82) is 0 Å². The monoisotopic (exact) mass is 310 g/mol. The van der Waals surface area contributed by atoms with Crippen LogP contribution in [0.15, 0.2) is 42.5 Å². The fraction of sp³-hybridized carbons (Fsp3) is 0.250. The molecule has 0 aromatic heterocycles. The molecule has 0 spiro atoms. The fourth-order valence-electron chi connectivity index (χ4n) is 1.87. The minimum Gasteiger partial charge on any atom is -0.494 e. The molecule has 106 valence electrons. The molecule has 2 rings (SSSR count). The molecule has 1 N–H and O–H groups in total. The lowest BCUT2D eigenvalue weighted by Crippen LogP contribution is -2.01. The fourth-order valence-corrected chi connectivity index (χ4v) is 2.27. The first kappa shape index (κ1) is 15.2. The van der Waals surface area contributed by atoms with Crippen molar-refractivity contribution in [3.8, 4) is 5.75 Å². The van der Waals surface area contributed by atoms with Gasteiger partial charge in [-0.25, -0.2) is 0 Å². The lowest BCUT2D eigenvalue weighted by molar-refractivity contribution is 0.220. The summed E-state index contributed by atoms with van der Waals surface area (Å²) < 4.78 is 5.51. The predicted octanol–water partition coefficient (Wildman–Crippen LogP) is 4.86. The number of rotatable bonds is 5. The Kier molecular flexibility index (Phi) is 5.30. The van der Waals surface area contributed by atoms with Crippen molar-refractivity contribution in [2.45, 2.75) is 19.4 Å². The first-order valence-electron chi connectivity index (χ1n) is 6.47. The number of ether oxygens (including phenoxy) is 1. The van der Waals surface area contributed by atoms with E-state index < -0.39 is 6.10 Å². The Hall–Kier alpha value is -1.22. The van der Waals surface area contributed by atoms with Crippen molar-refractivity contribution in [1.82, 2.24) is 0 Å². The quantitative estimate of drug-likeness (QED) is 0.854. The molecule has 0 heterocycles. The average Bonchev–Trinajstić information content (AvgIpc) is 2.47. The molecule has 0 amide bonds. The zero-order valence-electron chi connectivity index (χ0n) is 11.1. The summed E-state index contributed by atoms with van der Waals surface area (Å²) in [6, 6.07) is 12.4.